The summed E-state index contributed by atoms with van der Waals surface area (Å²) in [6.07, 6.45) is 0. The van der Waals surface area contributed by atoms with E-state index >= 15 is 0 Å². The maximum absolute atomic E-state index is 5.79. The van der Waals surface area contributed by atoms with Crippen molar-refractivity contribution in [2.45, 2.75) is 26.4 Å². The number of para-hydroxylation sites is 1. The number of hydrogen-bond donors (Lipinski definition) is 1. The molecule has 2 heterocycles. The molecule has 0 bridgehead atoms. The van der Waals surface area contributed by atoms with Gasteiger partial charge in [0, 0.05) is 18.2 Å². The first kappa shape index (κ1) is 13.2. The molecule has 0 radical (unpaired) electrons. The van der Waals surface area contributed by atoms with Gasteiger partial charge in [0.1, 0.15) is 12.4 Å². The minimum Gasteiger partial charge on any atom is -0.491 e. The van der Waals surface area contributed by atoms with Crippen molar-refractivity contribution in [1.82, 2.24) is 14.8 Å². The molecule has 0 amide bonds. The minimum absolute atomic E-state index is 0.274. The molecule has 6 heteroatoms. The number of H-pyrrole nitrogens is 1. The number of aromatic nitrogens is 3. The van der Waals surface area contributed by atoms with Crippen molar-refractivity contribution in [3.63, 3.8) is 0 Å². The molecule has 3 rings (SSSR count). The monoisotopic (exact) mass is 290 g/mol. The van der Waals surface area contributed by atoms with Crippen molar-refractivity contribution in [3.8, 4) is 5.75 Å². The van der Waals surface area contributed by atoms with Crippen LogP contribution in [-0.4, -0.2) is 27.9 Å². The highest BCUT2D eigenvalue weighted by Crippen LogP contribution is 2.26. The second-order valence-corrected chi connectivity index (χ2v) is 5.56. The van der Waals surface area contributed by atoms with E-state index in [1.165, 1.54) is 5.56 Å². The number of anilines is 1. The maximum Gasteiger partial charge on any atom is 0.226 e. The van der Waals surface area contributed by atoms with Crippen molar-refractivity contribution in [3.05, 3.63) is 34.6 Å². The third-order valence-electron chi connectivity index (χ3n) is 3.44. The molecule has 1 aliphatic rings. The number of rotatable bonds is 2. The van der Waals surface area contributed by atoms with Crippen LogP contribution >= 0.6 is 12.2 Å². The Labute approximate surface area is 123 Å². The van der Waals surface area contributed by atoms with Crippen molar-refractivity contribution in [2.75, 3.05) is 18.1 Å². The van der Waals surface area contributed by atoms with Gasteiger partial charge in [-0.1, -0.05) is 18.2 Å². The number of nitrogens with zero attached hydrogens (tertiary/aromatic N) is 3. The maximum atomic E-state index is 5.79. The number of aromatic amines is 1. The summed E-state index contributed by atoms with van der Waals surface area (Å²) in [5.74, 6) is 1.84. The molecule has 0 spiro atoms. The zero-order valence-corrected chi connectivity index (χ0v) is 12.5. The Morgan fingerprint density at radius 1 is 1.35 bits per heavy atom. The van der Waals surface area contributed by atoms with Gasteiger partial charge in [0.05, 0.1) is 6.54 Å². The SMILES string of the molecule is CC(C)n1c(N2CCOc3ccccc3C2)n[nH]c1=S. The Morgan fingerprint density at radius 2 is 2.15 bits per heavy atom. The fraction of sp³-hybridized carbons (Fsp3) is 0.429. The molecule has 0 unspecified atom stereocenters. The molecule has 1 aromatic carbocycles. The standard InChI is InChI=1S/C14H18N4OS/c1-10(2)18-13(15-16-14(18)20)17-7-8-19-12-6-4-3-5-11(12)9-17/h3-6,10H,7-9H2,1-2H3,(H,16,20). The Bertz CT molecular complexity index is 661. The second kappa shape index (κ2) is 5.28. The summed E-state index contributed by atoms with van der Waals surface area (Å²) in [5.41, 5.74) is 1.18. The van der Waals surface area contributed by atoms with Gasteiger partial charge in [0.25, 0.3) is 0 Å². The van der Waals surface area contributed by atoms with Crippen LogP contribution in [0.4, 0.5) is 5.95 Å². The summed E-state index contributed by atoms with van der Waals surface area (Å²) in [7, 11) is 0. The van der Waals surface area contributed by atoms with Gasteiger partial charge in [0.2, 0.25) is 5.95 Å². The molecule has 1 N–H and O–H groups in total. The van der Waals surface area contributed by atoms with E-state index < -0.39 is 0 Å². The fourth-order valence-electron chi connectivity index (χ4n) is 2.48. The average molecular weight is 290 g/mol. The summed E-state index contributed by atoms with van der Waals surface area (Å²) < 4.78 is 8.50. The van der Waals surface area contributed by atoms with Crippen LogP contribution in [0.3, 0.4) is 0 Å². The van der Waals surface area contributed by atoms with Gasteiger partial charge in [-0.25, -0.2) is 5.10 Å². The Kier molecular flexibility index (Phi) is 3.48. The molecule has 106 valence electrons. The van der Waals surface area contributed by atoms with Crippen LogP contribution < -0.4 is 9.64 Å². The van der Waals surface area contributed by atoms with Crippen molar-refractivity contribution < 1.29 is 4.74 Å². The summed E-state index contributed by atoms with van der Waals surface area (Å²) in [6.45, 7) is 6.44. The smallest absolute Gasteiger partial charge is 0.226 e. The molecular weight excluding hydrogens is 272 g/mol. The molecule has 0 atom stereocenters. The van der Waals surface area contributed by atoms with Gasteiger partial charge in [-0.05, 0) is 32.1 Å². The highest BCUT2D eigenvalue weighted by molar-refractivity contribution is 7.71. The fourth-order valence-corrected chi connectivity index (χ4v) is 2.82. The average Bonchev–Trinajstić information content (AvgIpc) is 2.69. The van der Waals surface area contributed by atoms with Crippen molar-refractivity contribution in [1.29, 1.82) is 0 Å². The van der Waals surface area contributed by atoms with Gasteiger partial charge >= 0.3 is 0 Å². The number of fused-ring (bicyclic) bond motifs is 1. The lowest BCUT2D eigenvalue weighted by molar-refractivity contribution is 0.330. The largest absolute Gasteiger partial charge is 0.491 e. The van der Waals surface area contributed by atoms with Crippen LogP contribution in [0.2, 0.25) is 0 Å². The molecule has 0 saturated heterocycles. The molecule has 20 heavy (non-hydrogen) atoms. The lowest BCUT2D eigenvalue weighted by Gasteiger charge is -2.22. The van der Waals surface area contributed by atoms with E-state index in [9.17, 15) is 0 Å². The summed E-state index contributed by atoms with van der Waals surface area (Å²) >= 11 is 5.32. The van der Waals surface area contributed by atoms with E-state index in [1.807, 2.05) is 22.8 Å². The highest BCUT2D eigenvalue weighted by atomic mass is 32.1. The van der Waals surface area contributed by atoms with Crippen LogP contribution in [0.5, 0.6) is 5.75 Å². The summed E-state index contributed by atoms with van der Waals surface area (Å²) in [5, 5.41) is 7.28. The number of hydrogen-bond acceptors (Lipinski definition) is 4. The van der Waals surface area contributed by atoms with Gasteiger partial charge in [-0.2, -0.15) is 0 Å². The van der Waals surface area contributed by atoms with E-state index in [4.69, 9.17) is 17.0 Å². The van der Waals surface area contributed by atoms with E-state index in [1.54, 1.807) is 0 Å². The first-order chi connectivity index (χ1) is 9.66. The van der Waals surface area contributed by atoms with Crippen molar-refractivity contribution in [2.24, 2.45) is 0 Å². The van der Waals surface area contributed by atoms with E-state index in [2.05, 4.69) is 35.0 Å². The molecule has 1 aliphatic heterocycles. The third-order valence-corrected chi connectivity index (χ3v) is 3.73. The highest BCUT2D eigenvalue weighted by Gasteiger charge is 2.20. The van der Waals surface area contributed by atoms with Crippen molar-refractivity contribution >= 4 is 18.2 Å². The summed E-state index contributed by atoms with van der Waals surface area (Å²) in [4.78, 5) is 2.21. The molecule has 1 aromatic heterocycles. The first-order valence-corrected chi connectivity index (χ1v) is 7.20. The quantitative estimate of drug-likeness (QED) is 0.864. The zero-order chi connectivity index (χ0) is 14.1. The molecule has 5 nitrogen and oxygen atoms in total. The first-order valence-electron chi connectivity index (χ1n) is 6.79. The van der Waals surface area contributed by atoms with Gasteiger partial charge in [-0.3, -0.25) is 4.57 Å². The van der Waals surface area contributed by atoms with Gasteiger partial charge in [0.15, 0.2) is 4.77 Å². The number of nitrogens with one attached hydrogen (secondary N) is 1. The van der Waals surface area contributed by atoms with Gasteiger partial charge in [-0.15, -0.1) is 5.10 Å². The Hall–Kier alpha value is -1.82. The van der Waals surface area contributed by atoms with Crippen LogP contribution in [0.15, 0.2) is 24.3 Å². The van der Waals surface area contributed by atoms with Crippen LogP contribution in [0.25, 0.3) is 0 Å². The van der Waals surface area contributed by atoms with E-state index in [-0.39, 0.29) is 6.04 Å². The van der Waals surface area contributed by atoms with Crippen LogP contribution in [0.1, 0.15) is 25.5 Å². The molecule has 0 saturated carbocycles. The zero-order valence-electron chi connectivity index (χ0n) is 11.7. The lowest BCUT2D eigenvalue weighted by atomic mass is 10.2. The predicted molar refractivity (Wildman–Crippen MR) is 80.8 cm³/mol. The van der Waals surface area contributed by atoms with E-state index in [0.29, 0.717) is 11.4 Å². The third kappa shape index (κ3) is 2.31. The molecular formula is C14H18N4OS. The van der Waals surface area contributed by atoms with Crippen LogP contribution in [-0.2, 0) is 6.54 Å². The Morgan fingerprint density at radius 3 is 2.95 bits per heavy atom. The lowest BCUT2D eigenvalue weighted by Crippen LogP contribution is -2.28. The van der Waals surface area contributed by atoms with Crippen LogP contribution in [0, 0.1) is 4.77 Å². The summed E-state index contributed by atoms with van der Waals surface area (Å²) in [6, 6.07) is 8.41. The molecule has 2 aromatic rings. The topological polar surface area (TPSA) is 46.1 Å². The predicted octanol–water partition coefficient (Wildman–Crippen LogP) is 2.92. The molecule has 0 fully saturated rings. The van der Waals surface area contributed by atoms with E-state index in [0.717, 1.165) is 24.8 Å². The molecule has 0 aliphatic carbocycles. The van der Waals surface area contributed by atoms with Gasteiger partial charge < -0.3 is 9.64 Å². The minimum atomic E-state index is 0.274. The number of benzene rings is 1. The second-order valence-electron chi connectivity index (χ2n) is 5.17. The normalized spacial score (nSPS) is 14.8. The Balaban J connectivity index is 1.98. The number of ether oxygens (including phenoxy) is 1.